The molecular formula is C18H21ClO2. The van der Waals surface area contributed by atoms with E-state index < -0.39 is 0 Å². The summed E-state index contributed by atoms with van der Waals surface area (Å²) < 4.78 is 12.3. The molecule has 1 heterocycles. The van der Waals surface area contributed by atoms with Gasteiger partial charge in [-0.2, -0.15) is 0 Å². The van der Waals surface area contributed by atoms with E-state index in [1.165, 1.54) is 25.7 Å². The summed E-state index contributed by atoms with van der Waals surface area (Å²) in [5, 5.41) is 0. The Morgan fingerprint density at radius 3 is 2.90 bits per heavy atom. The molecule has 112 valence electrons. The van der Waals surface area contributed by atoms with Crippen molar-refractivity contribution in [2.45, 2.75) is 50.2 Å². The lowest BCUT2D eigenvalue weighted by molar-refractivity contribution is -0.108. The highest BCUT2D eigenvalue weighted by Crippen LogP contribution is 2.41. The third-order valence-electron chi connectivity index (χ3n) is 4.43. The lowest BCUT2D eigenvalue weighted by Crippen LogP contribution is -2.41. The second-order valence-corrected chi connectivity index (χ2v) is 6.17. The van der Waals surface area contributed by atoms with Gasteiger partial charge in [0, 0.05) is 12.8 Å². The predicted octanol–water partition coefficient (Wildman–Crippen LogP) is 4.15. The van der Waals surface area contributed by atoms with Crippen LogP contribution in [0.25, 0.3) is 0 Å². The molecule has 1 saturated carbocycles. The van der Waals surface area contributed by atoms with E-state index in [2.05, 4.69) is 11.8 Å². The average molecular weight is 305 g/mol. The van der Waals surface area contributed by atoms with Gasteiger partial charge in [-0.25, -0.2) is 0 Å². The molecule has 0 aromatic heterocycles. The third kappa shape index (κ3) is 3.54. The monoisotopic (exact) mass is 304 g/mol. The van der Waals surface area contributed by atoms with Gasteiger partial charge in [-0.05, 0) is 25.0 Å². The van der Waals surface area contributed by atoms with E-state index in [1.807, 2.05) is 24.3 Å². The van der Waals surface area contributed by atoms with Crippen LogP contribution >= 0.6 is 11.6 Å². The number of rotatable bonds is 2. The van der Waals surface area contributed by atoms with E-state index >= 15 is 0 Å². The molecule has 1 unspecified atom stereocenters. The Hall–Kier alpha value is -1.17. The molecule has 1 aliphatic carbocycles. The van der Waals surface area contributed by atoms with E-state index in [-0.39, 0.29) is 11.7 Å². The second kappa shape index (κ2) is 6.73. The van der Waals surface area contributed by atoms with Gasteiger partial charge in [-0.15, -0.1) is 11.6 Å². The summed E-state index contributed by atoms with van der Waals surface area (Å²) >= 11 is 5.65. The summed E-state index contributed by atoms with van der Waals surface area (Å²) in [6, 6.07) is 7.95. The maximum Gasteiger partial charge on any atom is 0.135 e. The van der Waals surface area contributed by atoms with Crippen LogP contribution in [0.3, 0.4) is 0 Å². The Bertz CT molecular complexity index is 538. The summed E-state index contributed by atoms with van der Waals surface area (Å²) in [6.45, 7) is 0.806. The Morgan fingerprint density at radius 2 is 2.10 bits per heavy atom. The molecule has 1 saturated heterocycles. The molecule has 1 aromatic rings. The van der Waals surface area contributed by atoms with Gasteiger partial charge in [-0.3, -0.25) is 0 Å². The molecule has 1 aliphatic heterocycles. The molecule has 3 rings (SSSR count). The van der Waals surface area contributed by atoms with Gasteiger partial charge < -0.3 is 9.47 Å². The molecule has 21 heavy (non-hydrogen) atoms. The van der Waals surface area contributed by atoms with Gasteiger partial charge in [0.25, 0.3) is 0 Å². The highest BCUT2D eigenvalue weighted by atomic mass is 35.5. The van der Waals surface area contributed by atoms with Gasteiger partial charge in [0.15, 0.2) is 0 Å². The quantitative estimate of drug-likeness (QED) is 0.604. The fourth-order valence-electron chi connectivity index (χ4n) is 3.43. The summed E-state index contributed by atoms with van der Waals surface area (Å²) in [6.07, 6.45) is 7.12. The van der Waals surface area contributed by atoms with Crippen LogP contribution < -0.4 is 4.74 Å². The van der Waals surface area contributed by atoms with Crippen molar-refractivity contribution in [3.8, 4) is 17.6 Å². The van der Waals surface area contributed by atoms with Crippen molar-refractivity contribution in [3.63, 3.8) is 0 Å². The number of hydrogen-bond donors (Lipinski definition) is 0. The standard InChI is InChI=1S/C18H21ClO2/c19-12-5-7-15-6-1-2-8-17(15)21-16-9-13-20-18(14-16)10-3-4-11-18/h1-2,6,8,16H,3-4,9-14H2. The molecule has 0 N–H and O–H groups in total. The molecule has 0 bridgehead atoms. The van der Waals surface area contributed by atoms with Crippen molar-refractivity contribution in [1.82, 2.24) is 0 Å². The van der Waals surface area contributed by atoms with Crippen molar-refractivity contribution in [1.29, 1.82) is 0 Å². The zero-order valence-corrected chi connectivity index (χ0v) is 13.0. The van der Waals surface area contributed by atoms with Crippen LogP contribution in [0.15, 0.2) is 24.3 Å². The van der Waals surface area contributed by atoms with Crippen LogP contribution in [0.5, 0.6) is 5.75 Å². The first-order valence-corrected chi connectivity index (χ1v) is 8.29. The largest absolute Gasteiger partial charge is 0.489 e. The molecule has 2 aliphatic rings. The smallest absolute Gasteiger partial charge is 0.135 e. The number of benzene rings is 1. The molecule has 1 atom stereocenters. The highest BCUT2D eigenvalue weighted by molar-refractivity contribution is 6.19. The topological polar surface area (TPSA) is 18.5 Å². The van der Waals surface area contributed by atoms with E-state index in [0.717, 1.165) is 30.8 Å². The molecular weight excluding hydrogens is 284 g/mol. The second-order valence-electron chi connectivity index (χ2n) is 5.90. The van der Waals surface area contributed by atoms with Crippen LogP contribution in [0.1, 0.15) is 44.1 Å². The maximum atomic E-state index is 6.24. The Labute approximate surface area is 131 Å². The van der Waals surface area contributed by atoms with Crippen LogP contribution in [0.4, 0.5) is 0 Å². The number of hydrogen-bond acceptors (Lipinski definition) is 2. The van der Waals surface area contributed by atoms with Gasteiger partial charge in [0.05, 0.1) is 23.7 Å². The zero-order chi connectivity index (χ0) is 14.5. The first kappa shape index (κ1) is 14.8. The Morgan fingerprint density at radius 1 is 1.29 bits per heavy atom. The Kier molecular flexibility index (Phi) is 4.73. The summed E-state index contributed by atoms with van der Waals surface area (Å²) in [4.78, 5) is 0. The summed E-state index contributed by atoms with van der Waals surface area (Å²) in [7, 11) is 0. The first-order chi connectivity index (χ1) is 10.3. The van der Waals surface area contributed by atoms with E-state index in [1.54, 1.807) is 0 Å². The summed E-state index contributed by atoms with van der Waals surface area (Å²) in [5.74, 6) is 7.19. The van der Waals surface area contributed by atoms with E-state index in [4.69, 9.17) is 21.1 Å². The predicted molar refractivity (Wildman–Crippen MR) is 84.8 cm³/mol. The molecule has 1 aromatic carbocycles. The van der Waals surface area contributed by atoms with Crippen molar-refractivity contribution < 1.29 is 9.47 Å². The third-order valence-corrected chi connectivity index (χ3v) is 4.57. The van der Waals surface area contributed by atoms with Crippen LogP contribution in [0, 0.1) is 11.8 Å². The lowest BCUT2D eigenvalue weighted by atomic mass is 9.90. The number of alkyl halides is 1. The molecule has 2 fully saturated rings. The van der Waals surface area contributed by atoms with E-state index in [9.17, 15) is 0 Å². The van der Waals surface area contributed by atoms with Crippen molar-refractivity contribution >= 4 is 11.6 Å². The highest BCUT2D eigenvalue weighted by Gasteiger charge is 2.40. The molecule has 1 spiro atoms. The lowest BCUT2D eigenvalue weighted by Gasteiger charge is -2.38. The van der Waals surface area contributed by atoms with Gasteiger partial charge in [0.1, 0.15) is 11.9 Å². The fraction of sp³-hybridized carbons (Fsp3) is 0.556. The van der Waals surface area contributed by atoms with Crippen molar-refractivity contribution in [2.75, 3.05) is 12.5 Å². The fourth-order valence-corrected chi connectivity index (χ4v) is 3.50. The SMILES string of the molecule is ClCC#Cc1ccccc1OC1CCOC2(CCCC2)C1. The molecule has 0 amide bonds. The Balaban J connectivity index is 1.71. The molecule has 3 heteroatoms. The van der Waals surface area contributed by atoms with E-state index in [0.29, 0.717) is 5.88 Å². The maximum absolute atomic E-state index is 6.24. The zero-order valence-electron chi connectivity index (χ0n) is 12.2. The van der Waals surface area contributed by atoms with Crippen LogP contribution in [-0.4, -0.2) is 24.2 Å². The minimum atomic E-state index is 0.0830. The van der Waals surface area contributed by atoms with Gasteiger partial charge in [-0.1, -0.05) is 36.8 Å². The number of ether oxygens (including phenoxy) is 2. The summed E-state index contributed by atoms with van der Waals surface area (Å²) in [5.41, 5.74) is 1.00. The number of para-hydroxylation sites is 1. The first-order valence-electron chi connectivity index (χ1n) is 7.76. The van der Waals surface area contributed by atoms with Crippen LogP contribution in [-0.2, 0) is 4.74 Å². The minimum absolute atomic E-state index is 0.0830. The van der Waals surface area contributed by atoms with Crippen molar-refractivity contribution in [3.05, 3.63) is 29.8 Å². The van der Waals surface area contributed by atoms with Crippen molar-refractivity contribution in [2.24, 2.45) is 0 Å². The normalized spacial score (nSPS) is 23.6. The van der Waals surface area contributed by atoms with Gasteiger partial charge in [0.2, 0.25) is 0 Å². The minimum Gasteiger partial charge on any atom is -0.489 e. The molecule has 2 nitrogen and oxygen atoms in total. The van der Waals surface area contributed by atoms with Gasteiger partial charge >= 0.3 is 0 Å². The van der Waals surface area contributed by atoms with Crippen LogP contribution in [0.2, 0.25) is 0 Å². The number of halogens is 1. The molecule has 0 radical (unpaired) electrons. The average Bonchev–Trinajstić information content (AvgIpc) is 2.94.